The van der Waals surface area contributed by atoms with E-state index in [1.807, 2.05) is 24.1 Å². The van der Waals surface area contributed by atoms with Crippen molar-refractivity contribution >= 4 is 27.3 Å². The van der Waals surface area contributed by atoms with Crippen molar-refractivity contribution in [1.82, 2.24) is 0 Å². The lowest BCUT2D eigenvalue weighted by atomic mass is 10.0. The summed E-state index contributed by atoms with van der Waals surface area (Å²) in [6, 6.07) is 5.68. The summed E-state index contributed by atoms with van der Waals surface area (Å²) < 4.78 is 0. The van der Waals surface area contributed by atoms with Crippen molar-refractivity contribution in [2.75, 3.05) is 11.9 Å². The highest BCUT2D eigenvalue weighted by molar-refractivity contribution is 9.08. The van der Waals surface area contributed by atoms with Crippen LogP contribution in [0.25, 0.3) is 0 Å². The van der Waals surface area contributed by atoms with Gasteiger partial charge in [-0.05, 0) is 30.9 Å². The van der Waals surface area contributed by atoms with Gasteiger partial charge in [0.15, 0.2) is 0 Å². The van der Waals surface area contributed by atoms with Crippen molar-refractivity contribution in [2.45, 2.75) is 38.6 Å². The molecule has 1 unspecified atom stereocenters. The van der Waals surface area contributed by atoms with E-state index in [2.05, 4.69) is 36.7 Å². The second-order valence-corrected chi connectivity index (χ2v) is 5.86. The van der Waals surface area contributed by atoms with E-state index in [0.29, 0.717) is 16.9 Å². The summed E-state index contributed by atoms with van der Waals surface area (Å²) in [5.74, 6) is 0.568. The lowest BCUT2D eigenvalue weighted by Crippen LogP contribution is -2.30. The maximum Gasteiger partial charge on any atom is 0.292 e. The summed E-state index contributed by atoms with van der Waals surface area (Å²) in [7, 11) is 1.92. The van der Waals surface area contributed by atoms with E-state index in [0.717, 1.165) is 12.0 Å². The average molecular weight is 329 g/mol. The summed E-state index contributed by atoms with van der Waals surface area (Å²) in [6.45, 7) is 6.42. The predicted molar refractivity (Wildman–Crippen MR) is 83.0 cm³/mol. The highest BCUT2D eigenvalue weighted by atomic mass is 79.9. The zero-order chi connectivity index (χ0) is 14.6. The number of alkyl halides is 1. The summed E-state index contributed by atoms with van der Waals surface area (Å²) in [5.41, 5.74) is 1.78. The quantitative estimate of drug-likeness (QED) is 0.442. The zero-order valence-electron chi connectivity index (χ0n) is 11.9. The van der Waals surface area contributed by atoms with Gasteiger partial charge in [-0.15, -0.1) is 0 Å². The minimum atomic E-state index is -0.305. The molecule has 19 heavy (non-hydrogen) atoms. The molecular weight excluding hydrogens is 308 g/mol. The van der Waals surface area contributed by atoms with E-state index in [-0.39, 0.29) is 16.7 Å². The first kappa shape index (κ1) is 16.0. The van der Waals surface area contributed by atoms with E-state index in [1.165, 1.54) is 0 Å². The molecule has 0 aliphatic carbocycles. The van der Waals surface area contributed by atoms with E-state index >= 15 is 0 Å². The smallest absolute Gasteiger partial charge is 0.292 e. The number of nitro benzene ring substituents is 1. The second kappa shape index (κ2) is 6.89. The van der Waals surface area contributed by atoms with Crippen LogP contribution in [0, 0.1) is 16.0 Å². The summed E-state index contributed by atoms with van der Waals surface area (Å²) in [6.07, 6.45) is 1.01. The Morgan fingerprint density at radius 1 is 1.37 bits per heavy atom. The van der Waals surface area contributed by atoms with Crippen molar-refractivity contribution in [3.63, 3.8) is 0 Å². The van der Waals surface area contributed by atoms with Gasteiger partial charge in [0.1, 0.15) is 5.69 Å². The topological polar surface area (TPSA) is 46.4 Å². The molecule has 0 N–H and O–H groups in total. The molecule has 0 aliphatic heterocycles. The molecule has 5 heteroatoms. The van der Waals surface area contributed by atoms with Crippen LogP contribution in [0.15, 0.2) is 18.2 Å². The SMILES string of the molecule is CC(C)CC(C)N(C)c1ccc(CBr)cc1[N+](=O)[O-]. The third-order valence-electron chi connectivity index (χ3n) is 3.24. The van der Waals surface area contributed by atoms with Crippen LogP contribution in [0.5, 0.6) is 0 Å². The Hall–Kier alpha value is -1.10. The highest BCUT2D eigenvalue weighted by Crippen LogP contribution is 2.31. The summed E-state index contributed by atoms with van der Waals surface area (Å²) in [5, 5.41) is 11.8. The molecule has 0 saturated carbocycles. The fourth-order valence-electron chi connectivity index (χ4n) is 2.17. The van der Waals surface area contributed by atoms with Crippen molar-refractivity contribution in [2.24, 2.45) is 5.92 Å². The first-order valence-corrected chi connectivity index (χ1v) is 7.55. The molecule has 0 radical (unpaired) electrons. The van der Waals surface area contributed by atoms with Crippen LogP contribution in [0.2, 0.25) is 0 Å². The van der Waals surface area contributed by atoms with Crippen LogP contribution in [0.4, 0.5) is 11.4 Å². The molecule has 0 aliphatic rings. The maximum absolute atomic E-state index is 11.2. The van der Waals surface area contributed by atoms with E-state index in [4.69, 9.17) is 0 Å². The number of nitro groups is 1. The molecule has 0 spiro atoms. The third-order valence-corrected chi connectivity index (χ3v) is 3.89. The van der Waals surface area contributed by atoms with Gasteiger partial charge in [-0.25, -0.2) is 0 Å². The lowest BCUT2D eigenvalue weighted by Gasteiger charge is -2.28. The normalized spacial score (nSPS) is 12.5. The molecule has 0 fully saturated rings. The predicted octanol–water partition coefficient (Wildman–Crippen LogP) is 4.36. The summed E-state index contributed by atoms with van der Waals surface area (Å²) >= 11 is 3.33. The molecule has 0 saturated heterocycles. The first-order chi connectivity index (χ1) is 8.86. The van der Waals surface area contributed by atoms with Crippen LogP contribution < -0.4 is 4.90 Å². The molecule has 1 aromatic rings. The van der Waals surface area contributed by atoms with Crippen LogP contribution in [-0.2, 0) is 5.33 Å². The van der Waals surface area contributed by atoms with Gasteiger partial charge in [-0.1, -0.05) is 35.8 Å². The van der Waals surface area contributed by atoms with Crippen LogP contribution in [-0.4, -0.2) is 18.0 Å². The van der Waals surface area contributed by atoms with Gasteiger partial charge in [0.2, 0.25) is 0 Å². The lowest BCUT2D eigenvalue weighted by molar-refractivity contribution is -0.384. The van der Waals surface area contributed by atoms with Gasteiger partial charge < -0.3 is 4.90 Å². The minimum absolute atomic E-state index is 0.176. The van der Waals surface area contributed by atoms with Gasteiger partial charge in [-0.2, -0.15) is 0 Å². The minimum Gasteiger partial charge on any atom is -0.366 e. The molecule has 1 rings (SSSR count). The monoisotopic (exact) mass is 328 g/mol. The van der Waals surface area contributed by atoms with Gasteiger partial charge in [0.25, 0.3) is 5.69 Å². The van der Waals surface area contributed by atoms with Crippen LogP contribution in [0.1, 0.15) is 32.8 Å². The number of anilines is 1. The first-order valence-electron chi connectivity index (χ1n) is 6.43. The molecule has 0 bridgehead atoms. The fraction of sp³-hybridized carbons (Fsp3) is 0.571. The average Bonchev–Trinajstić information content (AvgIpc) is 2.36. The Labute approximate surface area is 123 Å². The Morgan fingerprint density at radius 2 is 2.00 bits per heavy atom. The number of benzene rings is 1. The van der Waals surface area contributed by atoms with E-state index in [9.17, 15) is 10.1 Å². The number of hydrogen-bond donors (Lipinski definition) is 0. The zero-order valence-corrected chi connectivity index (χ0v) is 13.5. The van der Waals surface area contributed by atoms with Gasteiger partial charge in [0, 0.05) is 24.5 Å². The number of halogens is 1. The maximum atomic E-state index is 11.2. The molecule has 0 heterocycles. The molecule has 0 aromatic heterocycles. The summed E-state index contributed by atoms with van der Waals surface area (Å²) in [4.78, 5) is 12.9. The van der Waals surface area contributed by atoms with Crippen molar-refractivity contribution in [3.05, 3.63) is 33.9 Å². The molecular formula is C14H21BrN2O2. The standard InChI is InChI=1S/C14H21BrN2O2/c1-10(2)7-11(3)16(4)13-6-5-12(9-15)8-14(13)17(18)19/h5-6,8,10-11H,7,9H2,1-4H3. The van der Waals surface area contributed by atoms with Crippen molar-refractivity contribution in [3.8, 4) is 0 Å². The molecule has 1 atom stereocenters. The second-order valence-electron chi connectivity index (χ2n) is 5.30. The van der Waals surface area contributed by atoms with Crippen molar-refractivity contribution in [1.29, 1.82) is 0 Å². The van der Waals surface area contributed by atoms with Gasteiger partial charge >= 0.3 is 0 Å². The Morgan fingerprint density at radius 3 is 2.47 bits per heavy atom. The van der Waals surface area contributed by atoms with Crippen LogP contribution >= 0.6 is 15.9 Å². The molecule has 4 nitrogen and oxygen atoms in total. The largest absolute Gasteiger partial charge is 0.366 e. The van der Waals surface area contributed by atoms with Gasteiger partial charge in [-0.3, -0.25) is 10.1 Å². The van der Waals surface area contributed by atoms with E-state index < -0.39 is 0 Å². The molecule has 0 amide bonds. The number of hydrogen-bond acceptors (Lipinski definition) is 3. The number of rotatable bonds is 6. The van der Waals surface area contributed by atoms with E-state index in [1.54, 1.807) is 6.07 Å². The van der Waals surface area contributed by atoms with Crippen molar-refractivity contribution < 1.29 is 4.92 Å². The molecule has 106 valence electrons. The third kappa shape index (κ3) is 4.20. The Balaban J connectivity index is 3.08. The fourth-order valence-corrected chi connectivity index (χ4v) is 2.52. The highest BCUT2D eigenvalue weighted by Gasteiger charge is 2.21. The van der Waals surface area contributed by atoms with Gasteiger partial charge in [0.05, 0.1) is 4.92 Å². The Bertz CT molecular complexity index is 449. The number of nitrogens with zero attached hydrogens (tertiary/aromatic N) is 2. The van der Waals surface area contributed by atoms with Crippen LogP contribution in [0.3, 0.4) is 0 Å². The molecule has 1 aromatic carbocycles. The Kier molecular flexibility index (Phi) is 5.79.